The van der Waals surface area contributed by atoms with E-state index in [-0.39, 0.29) is 11.9 Å². The van der Waals surface area contributed by atoms with Crippen LogP contribution in [0.3, 0.4) is 0 Å². The van der Waals surface area contributed by atoms with E-state index in [1.165, 1.54) is 18.5 Å². The van der Waals surface area contributed by atoms with Crippen molar-refractivity contribution in [2.24, 2.45) is 0 Å². The molecule has 0 atom stereocenters. The number of hydrogen-bond acceptors (Lipinski definition) is 5. The van der Waals surface area contributed by atoms with Crippen molar-refractivity contribution in [3.63, 3.8) is 0 Å². The molecule has 2 aromatic heterocycles. The van der Waals surface area contributed by atoms with E-state index in [1.54, 1.807) is 12.1 Å². The van der Waals surface area contributed by atoms with Crippen molar-refractivity contribution in [2.75, 3.05) is 5.32 Å². The molecule has 24 heavy (non-hydrogen) atoms. The summed E-state index contributed by atoms with van der Waals surface area (Å²) >= 11 is 0. The smallest absolute Gasteiger partial charge is 0.160 e. The Labute approximate surface area is 139 Å². The molecule has 0 aliphatic rings. The van der Waals surface area contributed by atoms with Gasteiger partial charge in [-0.1, -0.05) is 6.58 Å². The van der Waals surface area contributed by atoms with Crippen molar-refractivity contribution >= 4 is 28.6 Å². The second-order valence-corrected chi connectivity index (χ2v) is 5.46. The maximum Gasteiger partial charge on any atom is 0.160 e. The maximum absolute atomic E-state index is 13.5. The summed E-state index contributed by atoms with van der Waals surface area (Å²) in [5.41, 5.74) is 2.63. The standard InChI is InChI=1S/C18H17FN4O/c1-4-13-6-8-15-17(22-13)18(21-10-20-15)23-14-7-5-12(19)9-16(14)24-11(2)3/h4-11H,1H2,2-3H3,(H,20,21,23). The van der Waals surface area contributed by atoms with Crippen LogP contribution in [0.1, 0.15) is 19.5 Å². The normalized spacial score (nSPS) is 10.8. The SMILES string of the molecule is C=Cc1ccc2ncnc(Nc3ccc(F)cc3OC(C)C)c2n1. The van der Waals surface area contributed by atoms with E-state index in [1.807, 2.05) is 26.0 Å². The Balaban J connectivity index is 2.05. The van der Waals surface area contributed by atoms with Crippen molar-refractivity contribution in [1.29, 1.82) is 0 Å². The number of benzene rings is 1. The van der Waals surface area contributed by atoms with Gasteiger partial charge in [0.05, 0.1) is 23.0 Å². The van der Waals surface area contributed by atoms with Crippen molar-refractivity contribution in [3.8, 4) is 5.75 Å². The number of pyridine rings is 1. The minimum Gasteiger partial charge on any atom is -0.489 e. The van der Waals surface area contributed by atoms with Gasteiger partial charge in [-0.2, -0.15) is 0 Å². The highest BCUT2D eigenvalue weighted by Crippen LogP contribution is 2.30. The van der Waals surface area contributed by atoms with E-state index in [2.05, 4.69) is 26.8 Å². The zero-order valence-corrected chi connectivity index (χ0v) is 13.5. The minimum atomic E-state index is -0.365. The van der Waals surface area contributed by atoms with Crippen molar-refractivity contribution < 1.29 is 9.13 Å². The van der Waals surface area contributed by atoms with Gasteiger partial charge in [0.15, 0.2) is 5.82 Å². The number of ether oxygens (including phenoxy) is 1. The fraction of sp³-hybridized carbons (Fsp3) is 0.167. The van der Waals surface area contributed by atoms with Gasteiger partial charge in [0.2, 0.25) is 0 Å². The molecule has 0 unspecified atom stereocenters. The summed E-state index contributed by atoms with van der Waals surface area (Å²) < 4.78 is 19.2. The van der Waals surface area contributed by atoms with Crippen LogP contribution in [0.5, 0.6) is 5.75 Å². The molecular formula is C18H17FN4O. The van der Waals surface area contributed by atoms with Crippen LogP contribution in [-0.4, -0.2) is 21.1 Å². The second-order valence-electron chi connectivity index (χ2n) is 5.46. The number of halogens is 1. The molecule has 0 fully saturated rings. The fourth-order valence-corrected chi connectivity index (χ4v) is 2.24. The lowest BCUT2D eigenvalue weighted by Crippen LogP contribution is -2.08. The molecule has 0 saturated heterocycles. The molecule has 0 saturated carbocycles. The highest BCUT2D eigenvalue weighted by atomic mass is 19.1. The summed E-state index contributed by atoms with van der Waals surface area (Å²) in [5.74, 6) is 0.566. The zero-order valence-electron chi connectivity index (χ0n) is 13.5. The average Bonchev–Trinajstić information content (AvgIpc) is 2.56. The quantitative estimate of drug-likeness (QED) is 0.756. The Morgan fingerprint density at radius 2 is 2.04 bits per heavy atom. The lowest BCUT2D eigenvalue weighted by molar-refractivity contribution is 0.243. The minimum absolute atomic E-state index is 0.0833. The van der Waals surface area contributed by atoms with Crippen LogP contribution >= 0.6 is 0 Å². The molecule has 0 radical (unpaired) electrons. The van der Waals surface area contributed by atoms with Crippen LogP contribution in [-0.2, 0) is 0 Å². The van der Waals surface area contributed by atoms with E-state index in [0.717, 1.165) is 5.69 Å². The maximum atomic E-state index is 13.5. The van der Waals surface area contributed by atoms with Gasteiger partial charge in [-0.05, 0) is 44.2 Å². The highest BCUT2D eigenvalue weighted by Gasteiger charge is 2.11. The van der Waals surface area contributed by atoms with Gasteiger partial charge in [0, 0.05) is 6.07 Å². The Morgan fingerprint density at radius 1 is 1.21 bits per heavy atom. The molecule has 5 nitrogen and oxygen atoms in total. The highest BCUT2D eigenvalue weighted by molar-refractivity contribution is 5.88. The van der Waals surface area contributed by atoms with Crippen LogP contribution < -0.4 is 10.1 Å². The van der Waals surface area contributed by atoms with Crippen LogP contribution in [0.4, 0.5) is 15.9 Å². The molecule has 1 N–H and O–H groups in total. The van der Waals surface area contributed by atoms with E-state index < -0.39 is 0 Å². The van der Waals surface area contributed by atoms with Gasteiger partial charge in [0.25, 0.3) is 0 Å². The molecule has 6 heteroatoms. The predicted octanol–water partition coefficient (Wildman–Crippen LogP) is 4.34. The Hall–Kier alpha value is -3.02. The molecule has 0 bridgehead atoms. The molecule has 0 spiro atoms. The number of rotatable bonds is 5. The van der Waals surface area contributed by atoms with Gasteiger partial charge >= 0.3 is 0 Å². The van der Waals surface area contributed by atoms with Gasteiger partial charge in [0.1, 0.15) is 23.4 Å². The second kappa shape index (κ2) is 6.62. The van der Waals surface area contributed by atoms with Crippen molar-refractivity contribution in [1.82, 2.24) is 15.0 Å². The van der Waals surface area contributed by atoms with E-state index >= 15 is 0 Å². The monoisotopic (exact) mass is 324 g/mol. The summed E-state index contributed by atoms with van der Waals surface area (Å²) in [5, 5.41) is 3.16. The Kier molecular flexibility index (Phi) is 4.37. The molecule has 0 amide bonds. The van der Waals surface area contributed by atoms with E-state index in [9.17, 15) is 4.39 Å². The average molecular weight is 324 g/mol. The number of anilines is 2. The summed E-state index contributed by atoms with van der Waals surface area (Å²) in [6.07, 6.45) is 3.02. The summed E-state index contributed by atoms with van der Waals surface area (Å²) in [4.78, 5) is 12.9. The Morgan fingerprint density at radius 3 is 2.79 bits per heavy atom. The van der Waals surface area contributed by atoms with Crippen molar-refractivity contribution in [2.45, 2.75) is 20.0 Å². The first kappa shape index (κ1) is 15.9. The fourth-order valence-electron chi connectivity index (χ4n) is 2.24. The first-order valence-electron chi connectivity index (χ1n) is 7.54. The molecule has 1 aromatic carbocycles. The molecule has 3 rings (SSSR count). The van der Waals surface area contributed by atoms with Crippen LogP contribution in [0, 0.1) is 5.82 Å². The largest absolute Gasteiger partial charge is 0.489 e. The van der Waals surface area contributed by atoms with Crippen LogP contribution in [0.25, 0.3) is 17.1 Å². The summed E-state index contributed by atoms with van der Waals surface area (Å²) in [6.45, 7) is 7.49. The van der Waals surface area contributed by atoms with Gasteiger partial charge in [-0.15, -0.1) is 0 Å². The molecule has 122 valence electrons. The first-order chi connectivity index (χ1) is 11.6. The number of hydrogen-bond donors (Lipinski definition) is 1. The zero-order chi connectivity index (χ0) is 17.1. The van der Waals surface area contributed by atoms with Gasteiger partial charge in [-0.3, -0.25) is 0 Å². The van der Waals surface area contributed by atoms with Crippen LogP contribution in [0.15, 0.2) is 43.2 Å². The summed E-state index contributed by atoms with van der Waals surface area (Å²) in [7, 11) is 0. The summed E-state index contributed by atoms with van der Waals surface area (Å²) in [6, 6.07) is 7.99. The van der Waals surface area contributed by atoms with Gasteiger partial charge < -0.3 is 10.1 Å². The molecule has 3 aromatic rings. The van der Waals surface area contributed by atoms with Gasteiger partial charge in [-0.25, -0.2) is 19.3 Å². The third-order valence-corrected chi connectivity index (χ3v) is 3.27. The van der Waals surface area contributed by atoms with E-state index in [0.29, 0.717) is 28.3 Å². The third kappa shape index (κ3) is 3.32. The van der Waals surface area contributed by atoms with E-state index in [4.69, 9.17) is 4.74 Å². The third-order valence-electron chi connectivity index (χ3n) is 3.27. The number of nitrogens with one attached hydrogen (secondary N) is 1. The molecular weight excluding hydrogens is 307 g/mol. The molecule has 0 aliphatic heterocycles. The Bertz CT molecular complexity index is 895. The molecule has 0 aliphatic carbocycles. The predicted molar refractivity (Wildman–Crippen MR) is 92.9 cm³/mol. The van der Waals surface area contributed by atoms with Crippen molar-refractivity contribution in [3.05, 3.63) is 54.7 Å². The lowest BCUT2D eigenvalue weighted by atomic mass is 10.2. The number of nitrogens with zero attached hydrogens (tertiary/aromatic N) is 3. The topological polar surface area (TPSA) is 59.9 Å². The number of aromatic nitrogens is 3. The molecule has 2 heterocycles. The number of fused-ring (bicyclic) bond motifs is 1. The van der Waals surface area contributed by atoms with Crippen LogP contribution in [0.2, 0.25) is 0 Å². The first-order valence-corrected chi connectivity index (χ1v) is 7.54. The lowest BCUT2D eigenvalue weighted by Gasteiger charge is -2.15.